The van der Waals surface area contributed by atoms with Crippen LogP contribution in [0, 0.1) is 11.8 Å². The van der Waals surface area contributed by atoms with E-state index >= 15 is 0 Å². The van der Waals surface area contributed by atoms with Gasteiger partial charge in [0.15, 0.2) is 0 Å². The second-order valence-corrected chi connectivity index (χ2v) is 8.59. The zero-order valence-corrected chi connectivity index (χ0v) is 18.9. The first-order chi connectivity index (χ1) is 14.3. The molecule has 1 aromatic carbocycles. The molecule has 6 nitrogen and oxygen atoms in total. The molecule has 0 bridgehead atoms. The maximum atomic E-state index is 13.1. The van der Waals surface area contributed by atoms with Crippen LogP contribution in [-0.2, 0) is 17.9 Å². The molecule has 1 heterocycles. The molecular formula is C24H35N3O3. The molecule has 2 aromatic rings. The smallest absolute Gasteiger partial charge is 0.251 e. The molecule has 2 rings (SSSR count). The first-order valence-corrected chi connectivity index (χ1v) is 10.6. The van der Waals surface area contributed by atoms with Gasteiger partial charge in [0.25, 0.3) is 5.91 Å². The van der Waals surface area contributed by atoms with Crippen LogP contribution < -0.4 is 5.32 Å². The Morgan fingerprint density at radius 3 is 2.10 bits per heavy atom. The number of furan rings is 1. The predicted octanol–water partition coefficient (Wildman–Crippen LogP) is 3.78. The minimum absolute atomic E-state index is 0.109. The summed E-state index contributed by atoms with van der Waals surface area (Å²) >= 11 is 0. The number of benzene rings is 1. The van der Waals surface area contributed by atoms with E-state index in [4.69, 9.17) is 4.42 Å². The normalized spacial score (nSPS) is 11.3. The lowest BCUT2D eigenvalue weighted by atomic mass is 10.1. The second-order valence-electron chi connectivity index (χ2n) is 8.59. The van der Waals surface area contributed by atoms with Gasteiger partial charge < -0.3 is 14.6 Å². The molecule has 2 amide bonds. The number of nitrogens with zero attached hydrogens (tertiary/aromatic N) is 2. The van der Waals surface area contributed by atoms with Crippen molar-refractivity contribution in [3.63, 3.8) is 0 Å². The summed E-state index contributed by atoms with van der Waals surface area (Å²) < 4.78 is 5.52. The van der Waals surface area contributed by atoms with Crippen LogP contribution in [0.25, 0.3) is 0 Å². The zero-order chi connectivity index (χ0) is 22.1. The summed E-state index contributed by atoms with van der Waals surface area (Å²) in [6.45, 7) is 11.5. The van der Waals surface area contributed by atoms with E-state index in [9.17, 15) is 9.59 Å². The van der Waals surface area contributed by atoms with Crippen molar-refractivity contribution in [3.05, 3.63) is 59.5 Å². The average molecular weight is 414 g/mol. The molecule has 0 saturated heterocycles. The summed E-state index contributed by atoms with van der Waals surface area (Å²) in [4.78, 5) is 29.0. The topological polar surface area (TPSA) is 65.8 Å². The van der Waals surface area contributed by atoms with Crippen molar-refractivity contribution in [3.8, 4) is 0 Å². The van der Waals surface area contributed by atoms with Crippen LogP contribution in [0.2, 0.25) is 0 Å². The quantitative estimate of drug-likeness (QED) is 0.609. The molecule has 0 unspecified atom stereocenters. The van der Waals surface area contributed by atoms with Crippen molar-refractivity contribution in [1.29, 1.82) is 0 Å². The van der Waals surface area contributed by atoms with Crippen molar-refractivity contribution in [1.82, 2.24) is 15.1 Å². The Kier molecular flexibility index (Phi) is 9.12. The lowest BCUT2D eigenvalue weighted by Gasteiger charge is -2.29. The maximum Gasteiger partial charge on any atom is 0.251 e. The fraction of sp³-hybridized carbons (Fsp3) is 0.500. The van der Waals surface area contributed by atoms with Gasteiger partial charge in [0.2, 0.25) is 5.91 Å². The minimum atomic E-state index is -0.109. The summed E-state index contributed by atoms with van der Waals surface area (Å²) in [5.41, 5.74) is 1.66. The highest BCUT2D eigenvalue weighted by molar-refractivity contribution is 5.93. The second kappa shape index (κ2) is 11.6. The number of carbonyl (C=O) groups is 2. The third-order valence-electron chi connectivity index (χ3n) is 4.69. The summed E-state index contributed by atoms with van der Waals surface area (Å²) in [5.74, 6) is 1.68. The van der Waals surface area contributed by atoms with Crippen LogP contribution in [0.15, 0.2) is 47.1 Å². The van der Waals surface area contributed by atoms with Gasteiger partial charge >= 0.3 is 0 Å². The van der Waals surface area contributed by atoms with Gasteiger partial charge in [0.05, 0.1) is 19.4 Å². The van der Waals surface area contributed by atoms with Crippen molar-refractivity contribution in [2.24, 2.45) is 11.8 Å². The molecule has 1 N–H and O–H groups in total. The van der Waals surface area contributed by atoms with E-state index in [0.29, 0.717) is 37.0 Å². The number of hydrogen-bond donors (Lipinski definition) is 1. The highest BCUT2D eigenvalue weighted by Crippen LogP contribution is 2.13. The summed E-state index contributed by atoms with van der Waals surface area (Å²) in [5, 5.41) is 2.63. The van der Waals surface area contributed by atoms with E-state index in [-0.39, 0.29) is 11.8 Å². The molecule has 0 spiro atoms. The van der Waals surface area contributed by atoms with E-state index in [1.54, 1.807) is 13.3 Å². The van der Waals surface area contributed by atoms with E-state index < -0.39 is 0 Å². The molecule has 6 heteroatoms. The van der Waals surface area contributed by atoms with Crippen molar-refractivity contribution < 1.29 is 14.0 Å². The van der Waals surface area contributed by atoms with Crippen LogP contribution in [0.1, 0.15) is 49.4 Å². The third-order valence-corrected chi connectivity index (χ3v) is 4.69. The maximum absolute atomic E-state index is 13.1. The van der Waals surface area contributed by atoms with Gasteiger partial charge in [0, 0.05) is 32.2 Å². The van der Waals surface area contributed by atoms with E-state index in [0.717, 1.165) is 24.4 Å². The highest BCUT2D eigenvalue weighted by Gasteiger charge is 2.20. The number of amides is 2. The van der Waals surface area contributed by atoms with Crippen LogP contribution in [0.5, 0.6) is 0 Å². The molecule has 0 radical (unpaired) electrons. The Bertz CT molecular complexity index is 773. The molecule has 1 aromatic heterocycles. The first-order valence-electron chi connectivity index (χ1n) is 10.6. The zero-order valence-electron chi connectivity index (χ0n) is 18.9. The summed E-state index contributed by atoms with van der Waals surface area (Å²) in [7, 11) is 1.62. The van der Waals surface area contributed by atoms with E-state index in [2.05, 4.69) is 37.9 Å². The van der Waals surface area contributed by atoms with Crippen molar-refractivity contribution in [2.45, 2.75) is 40.8 Å². The number of rotatable bonds is 11. The monoisotopic (exact) mass is 413 g/mol. The third kappa shape index (κ3) is 7.67. The Hall–Kier alpha value is -2.60. The molecule has 0 aliphatic carbocycles. The average Bonchev–Trinajstić information content (AvgIpc) is 3.19. The molecule has 0 atom stereocenters. The van der Waals surface area contributed by atoms with Crippen LogP contribution in [0.3, 0.4) is 0 Å². The van der Waals surface area contributed by atoms with Gasteiger partial charge in [0.1, 0.15) is 5.76 Å². The molecule has 164 valence electrons. The highest BCUT2D eigenvalue weighted by atomic mass is 16.3. The van der Waals surface area contributed by atoms with Gasteiger partial charge in [-0.25, -0.2) is 0 Å². The number of hydrogen-bond acceptors (Lipinski definition) is 4. The molecule has 0 saturated carbocycles. The Morgan fingerprint density at radius 2 is 1.60 bits per heavy atom. The Morgan fingerprint density at radius 1 is 0.967 bits per heavy atom. The van der Waals surface area contributed by atoms with Gasteiger partial charge in [-0.2, -0.15) is 0 Å². The fourth-order valence-electron chi connectivity index (χ4n) is 3.41. The molecule has 0 fully saturated rings. The lowest BCUT2D eigenvalue weighted by Crippen LogP contribution is -2.43. The summed E-state index contributed by atoms with van der Waals surface area (Å²) in [6.07, 6.45) is 1.65. The largest absolute Gasteiger partial charge is 0.468 e. The lowest BCUT2D eigenvalue weighted by molar-refractivity contribution is -0.133. The number of carbonyl (C=O) groups excluding carboxylic acids is 2. The molecule has 0 aliphatic heterocycles. The van der Waals surface area contributed by atoms with E-state index in [1.807, 2.05) is 41.3 Å². The van der Waals surface area contributed by atoms with Crippen LogP contribution in [-0.4, -0.2) is 48.3 Å². The minimum Gasteiger partial charge on any atom is -0.468 e. The van der Waals surface area contributed by atoms with Gasteiger partial charge in [-0.15, -0.1) is 0 Å². The molecule has 30 heavy (non-hydrogen) atoms. The van der Waals surface area contributed by atoms with Gasteiger partial charge in [-0.05, 0) is 41.7 Å². The molecular weight excluding hydrogens is 378 g/mol. The van der Waals surface area contributed by atoms with Crippen molar-refractivity contribution >= 4 is 11.8 Å². The van der Waals surface area contributed by atoms with Gasteiger partial charge in [-0.3, -0.25) is 14.5 Å². The standard InChI is InChI=1S/C24H35N3O3/c1-18(2)13-27(14-19(3)4)23(28)17-26(16-22-7-6-12-30-22)15-20-8-10-21(11-9-20)24(29)25-5/h6-12,18-19H,13-17H2,1-5H3,(H,25,29). The first kappa shape index (κ1) is 23.7. The Balaban J connectivity index is 2.13. The Labute approximate surface area is 180 Å². The van der Waals surface area contributed by atoms with Gasteiger partial charge in [-0.1, -0.05) is 39.8 Å². The summed E-state index contributed by atoms with van der Waals surface area (Å²) in [6, 6.07) is 11.3. The fourth-order valence-corrected chi connectivity index (χ4v) is 3.41. The van der Waals surface area contributed by atoms with Crippen molar-refractivity contribution in [2.75, 3.05) is 26.7 Å². The van der Waals surface area contributed by atoms with E-state index in [1.165, 1.54) is 0 Å². The molecule has 0 aliphatic rings. The predicted molar refractivity (Wildman–Crippen MR) is 119 cm³/mol. The van der Waals surface area contributed by atoms with Crippen LogP contribution in [0.4, 0.5) is 0 Å². The SMILES string of the molecule is CNC(=O)c1ccc(CN(CC(=O)N(CC(C)C)CC(C)C)Cc2ccco2)cc1. The van der Waals surface area contributed by atoms with Crippen LogP contribution >= 0.6 is 0 Å². The number of nitrogens with one attached hydrogen (secondary N) is 1.